The first kappa shape index (κ1) is 27.4. The van der Waals surface area contributed by atoms with Gasteiger partial charge in [-0.2, -0.15) is 0 Å². The van der Waals surface area contributed by atoms with Crippen LogP contribution in [0.25, 0.3) is 0 Å². The predicted octanol–water partition coefficient (Wildman–Crippen LogP) is 3.72. The Balaban J connectivity index is 0.00000110. The lowest BCUT2D eigenvalue weighted by atomic mass is 9.92. The van der Waals surface area contributed by atoms with Gasteiger partial charge in [-0.1, -0.05) is 25.5 Å². The van der Waals surface area contributed by atoms with Gasteiger partial charge in [-0.3, -0.25) is 4.72 Å². The first-order chi connectivity index (χ1) is 14.6. The van der Waals surface area contributed by atoms with Crippen molar-refractivity contribution in [2.24, 2.45) is 0 Å². The van der Waals surface area contributed by atoms with Gasteiger partial charge in [-0.25, -0.2) is 8.42 Å². The zero-order valence-electron chi connectivity index (χ0n) is 19.9. The zero-order chi connectivity index (χ0) is 23.3. The maximum absolute atomic E-state index is 12.0. The van der Waals surface area contributed by atoms with Crippen molar-refractivity contribution in [2.75, 3.05) is 30.6 Å². The molecule has 1 fully saturated rings. The van der Waals surface area contributed by atoms with Crippen LogP contribution in [0, 0.1) is 0 Å². The number of carboxylic acids is 1. The van der Waals surface area contributed by atoms with Crippen molar-refractivity contribution in [1.82, 2.24) is 0 Å². The van der Waals surface area contributed by atoms with E-state index in [1.165, 1.54) is 61.7 Å². The third kappa shape index (κ3) is 11.0. The standard InChI is InChI=1S/C22H39N2O2S.C2H4O2/c1-4-18-27(25,26)23-21-14-11-13-20(19-21)12-9-10-17-24(3,5-2)22-15-7-6-8-16-22;1-2(3)4/h11,13-14,19,22-23H,4-10,12,15-18H2,1-3H3;1H3,(H,3,4)/q+1;/p-1. The maximum Gasteiger partial charge on any atom is 0.232 e. The molecule has 2 rings (SSSR count). The van der Waals surface area contributed by atoms with E-state index < -0.39 is 16.0 Å². The van der Waals surface area contributed by atoms with Crippen LogP contribution in [0.3, 0.4) is 0 Å². The molecular weight excluding hydrogens is 412 g/mol. The number of aliphatic carboxylic acids is 1. The van der Waals surface area contributed by atoms with Crippen LogP contribution in [0.5, 0.6) is 0 Å². The van der Waals surface area contributed by atoms with Gasteiger partial charge >= 0.3 is 0 Å². The highest BCUT2D eigenvalue weighted by Gasteiger charge is 2.31. The van der Waals surface area contributed by atoms with Gasteiger partial charge in [-0.05, 0) is 82.9 Å². The molecule has 0 aromatic heterocycles. The lowest BCUT2D eigenvalue weighted by Gasteiger charge is -2.43. The molecule has 1 aliphatic rings. The van der Waals surface area contributed by atoms with Crippen molar-refractivity contribution in [3.8, 4) is 0 Å². The van der Waals surface area contributed by atoms with Crippen molar-refractivity contribution < 1.29 is 22.8 Å². The van der Waals surface area contributed by atoms with Crippen LogP contribution < -0.4 is 9.83 Å². The lowest BCUT2D eigenvalue weighted by molar-refractivity contribution is -0.933. The van der Waals surface area contributed by atoms with E-state index in [-0.39, 0.29) is 5.75 Å². The number of sulfonamides is 1. The summed E-state index contributed by atoms with van der Waals surface area (Å²) in [7, 11) is -0.771. The molecule has 178 valence electrons. The number of carboxylic acid groups (broad SMARTS) is 1. The van der Waals surface area contributed by atoms with Gasteiger partial charge in [0.25, 0.3) is 0 Å². The van der Waals surface area contributed by atoms with Crippen LogP contribution in [-0.2, 0) is 21.2 Å². The fraction of sp³-hybridized carbons (Fsp3) is 0.708. The molecule has 1 aliphatic carbocycles. The summed E-state index contributed by atoms with van der Waals surface area (Å²) < 4.78 is 27.8. The van der Waals surface area contributed by atoms with Crippen molar-refractivity contribution in [3.63, 3.8) is 0 Å². The van der Waals surface area contributed by atoms with Gasteiger partial charge < -0.3 is 14.4 Å². The van der Waals surface area contributed by atoms with Crippen LogP contribution >= 0.6 is 0 Å². The number of benzene rings is 1. The summed E-state index contributed by atoms with van der Waals surface area (Å²) in [5.74, 6) is -0.911. The van der Waals surface area contributed by atoms with Crippen molar-refractivity contribution in [2.45, 2.75) is 84.6 Å². The number of hydrogen-bond acceptors (Lipinski definition) is 4. The Kier molecular flexibility index (Phi) is 12.2. The highest BCUT2D eigenvalue weighted by Crippen LogP contribution is 2.27. The van der Waals surface area contributed by atoms with Crippen molar-refractivity contribution in [3.05, 3.63) is 29.8 Å². The lowest BCUT2D eigenvalue weighted by Crippen LogP contribution is -2.53. The number of aryl methyl sites for hydroxylation is 1. The molecule has 0 amide bonds. The summed E-state index contributed by atoms with van der Waals surface area (Å²) in [5.41, 5.74) is 1.91. The molecule has 1 atom stereocenters. The molecule has 0 heterocycles. The molecule has 7 heteroatoms. The highest BCUT2D eigenvalue weighted by molar-refractivity contribution is 7.92. The van der Waals surface area contributed by atoms with E-state index in [1.54, 1.807) is 0 Å². The number of rotatable bonds is 11. The van der Waals surface area contributed by atoms with Gasteiger partial charge in [0.15, 0.2) is 0 Å². The summed E-state index contributed by atoms with van der Waals surface area (Å²) in [5, 5.41) is 8.89. The van der Waals surface area contributed by atoms with E-state index in [2.05, 4.69) is 24.8 Å². The van der Waals surface area contributed by atoms with E-state index in [9.17, 15) is 8.42 Å². The fourth-order valence-corrected chi connectivity index (χ4v) is 5.52. The Labute approximate surface area is 189 Å². The number of unbranched alkanes of at least 4 members (excludes halogenated alkanes) is 1. The Morgan fingerprint density at radius 1 is 1.16 bits per heavy atom. The topological polar surface area (TPSA) is 86.3 Å². The molecule has 0 spiro atoms. The number of anilines is 1. The Bertz CT molecular complexity index is 757. The molecule has 1 saturated carbocycles. The Morgan fingerprint density at radius 2 is 1.81 bits per heavy atom. The summed E-state index contributed by atoms with van der Waals surface area (Å²) in [6.07, 6.45) is 11.0. The number of quaternary nitrogens is 1. The average molecular weight is 455 g/mol. The van der Waals surface area contributed by atoms with Gasteiger partial charge in [-0.15, -0.1) is 0 Å². The number of carbonyl (C=O) groups is 1. The number of nitrogens with zero attached hydrogens (tertiary/aromatic N) is 1. The van der Waals surface area contributed by atoms with Crippen LogP contribution in [0.1, 0.15) is 77.7 Å². The van der Waals surface area contributed by atoms with E-state index in [0.29, 0.717) is 12.1 Å². The predicted molar refractivity (Wildman–Crippen MR) is 126 cm³/mol. The summed E-state index contributed by atoms with van der Waals surface area (Å²) in [4.78, 5) is 8.89. The summed E-state index contributed by atoms with van der Waals surface area (Å²) in [6.45, 7) is 7.66. The van der Waals surface area contributed by atoms with Crippen LogP contribution in [0.15, 0.2) is 24.3 Å². The molecule has 1 aromatic carbocycles. The zero-order valence-corrected chi connectivity index (χ0v) is 20.7. The molecule has 0 aliphatic heterocycles. The molecule has 31 heavy (non-hydrogen) atoms. The molecule has 0 radical (unpaired) electrons. The number of nitrogens with one attached hydrogen (secondary N) is 1. The molecule has 1 unspecified atom stereocenters. The van der Waals surface area contributed by atoms with Crippen LogP contribution in [-0.4, -0.2) is 50.8 Å². The van der Waals surface area contributed by atoms with Crippen molar-refractivity contribution >= 4 is 21.7 Å². The molecule has 0 bridgehead atoms. The van der Waals surface area contributed by atoms with Crippen LogP contribution in [0.4, 0.5) is 5.69 Å². The van der Waals surface area contributed by atoms with Gasteiger partial charge in [0.2, 0.25) is 10.0 Å². The second-order valence-electron chi connectivity index (χ2n) is 8.88. The molecular formula is C24H42N2O4S. The largest absolute Gasteiger partial charge is 0.550 e. The molecule has 1 N–H and O–H groups in total. The maximum atomic E-state index is 12.0. The third-order valence-corrected chi connectivity index (χ3v) is 7.73. The van der Waals surface area contributed by atoms with E-state index in [0.717, 1.165) is 25.8 Å². The first-order valence-corrected chi connectivity index (χ1v) is 13.4. The SMILES string of the molecule is CC(=O)[O-].CCCS(=O)(=O)Nc1cccc(CCCC[N+](C)(CC)C2CCCCC2)c1. The third-order valence-electron chi connectivity index (χ3n) is 6.24. The van der Waals surface area contributed by atoms with Gasteiger partial charge in [0.1, 0.15) is 0 Å². The summed E-state index contributed by atoms with van der Waals surface area (Å²) >= 11 is 0. The average Bonchev–Trinajstić information content (AvgIpc) is 2.71. The minimum Gasteiger partial charge on any atom is -0.550 e. The first-order valence-electron chi connectivity index (χ1n) is 11.7. The summed E-state index contributed by atoms with van der Waals surface area (Å²) in [6, 6.07) is 8.73. The second kappa shape index (κ2) is 13.7. The fourth-order valence-electron chi connectivity index (χ4n) is 4.40. The molecule has 1 aromatic rings. The van der Waals surface area contributed by atoms with E-state index in [1.807, 2.05) is 25.1 Å². The minimum atomic E-state index is -3.21. The smallest absolute Gasteiger partial charge is 0.232 e. The monoisotopic (exact) mass is 454 g/mol. The van der Waals surface area contributed by atoms with Gasteiger partial charge in [0.05, 0.1) is 31.9 Å². The Hall–Kier alpha value is -1.60. The molecule has 0 saturated heterocycles. The minimum absolute atomic E-state index is 0.173. The number of hydrogen-bond donors (Lipinski definition) is 1. The van der Waals surface area contributed by atoms with Crippen LogP contribution in [0.2, 0.25) is 0 Å². The molecule has 6 nitrogen and oxygen atoms in total. The van der Waals surface area contributed by atoms with Gasteiger partial charge in [0, 0.05) is 11.7 Å². The quantitative estimate of drug-likeness (QED) is 0.408. The van der Waals surface area contributed by atoms with E-state index >= 15 is 0 Å². The highest BCUT2D eigenvalue weighted by atomic mass is 32.2. The second-order valence-corrected chi connectivity index (χ2v) is 10.7. The normalized spacial score (nSPS) is 16.6. The Morgan fingerprint density at radius 3 is 2.39 bits per heavy atom. The number of carbonyl (C=O) groups excluding carboxylic acids is 1. The van der Waals surface area contributed by atoms with Crippen molar-refractivity contribution in [1.29, 1.82) is 0 Å². The van der Waals surface area contributed by atoms with E-state index in [4.69, 9.17) is 9.90 Å².